The molecular formula is AlK3O6P2. The van der Waals surface area contributed by atoms with Crippen molar-refractivity contribution >= 4 is 34.6 Å². The summed E-state index contributed by atoms with van der Waals surface area (Å²) in [6.45, 7) is 0. The first-order chi connectivity index (χ1) is 3.46. The standard InChI is InChI=1S/Al.3K.2O3P/c;;;;2*1-4(2)3/q+3;3*+1;2*-3. The van der Waals surface area contributed by atoms with Gasteiger partial charge in [-0.1, -0.05) is 0 Å². The summed E-state index contributed by atoms with van der Waals surface area (Å²) in [5, 5.41) is 0. The van der Waals surface area contributed by atoms with Gasteiger partial charge in [0.05, 0.1) is 0 Å². The van der Waals surface area contributed by atoms with E-state index in [2.05, 4.69) is 0 Å². The summed E-state index contributed by atoms with van der Waals surface area (Å²) in [6, 6.07) is 0. The molecule has 0 heterocycles. The van der Waals surface area contributed by atoms with Crippen LogP contribution in [0, 0.1) is 0 Å². The molecule has 0 amide bonds. The van der Waals surface area contributed by atoms with Crippen LogP contribution in [0.4, 0.5) is 0 Å². The molecule has 12 heavy (non-hydrogen) atoms. The smallest absolute Gasteiger partial charge is 0.854 e. The van der Waals surface area contributed by atoms with E-state index in [0.717, 1.165) is 0 Å². The van der Waals surface area contributed by atoms with Crippen LogP contribution in [0.25, 0.3) is 0 Å². The molecule has 0 fully saturated rings. The average Bonchev–Trinajstić information content (AvgIpc) is 1.25. The number of hydrogen-bond acceptors (Lipinski definition) is 6. The molecule has 52 valence electrons. The van der Waals surface area contributed by atoms with Gasteiger partial charge in [0.25, 0.3) is 0 Å². The van der Waals surface area contributed by atoms with E-state index in [-0.39, 0.29) is 172 Å². The van der Waals surface area contributed by atoms with Crippen molar-refractivity contribution in [3.05, 3.63) is 0 Å². The van der Waals surface area contributed by atoms with Crippen molar-refractivity contribution in [1.29, 1.82) is 0 Å². The Balaban J connectivity index is -0.0000000112. The normalized spacial score (nSPS) is 6.00. The van der Waals surface area contributed by atoms with Crippen molar-refractivity contribution in [2.45, 2.75) is 0 Å². The molecule has 0 atom stereocenters. The molecule has 0 aromatic carbocycles. The third kappa shape index (κ3) is 99.2. The molecule has 0 saturated carbocycles. The minimum absolute atomic E-state index is 0. The van der Waals surface area contributed by atoms with E-state index in [1.54, 1.807) is 0 Å². The maximum absolute atomic E-state index is 8.48. The molecule has 0 aromatic rings. The zero-order valence-corrected chi connectivity index (χ0v) is 19.2. The molecule has 0 N–H and O–H groups in total. The third-order valence-corrected chi connectivity index (χ3v) is 0. The first kappa shape index (κ1) is 36.1. The summed E-state index contributed by atoms with van der Waals surface area (Å²) in [5.41, 5.74) is 0. The van der Waals surface area contributed by atoms with Gasteiger partial charge < -0.3 is 46.6 Å². The van der Waals surface area contributed by atoms with Gasteiger partial charge in [0, 0.05) is 0 Å². The van der Waals surface area contributed by atoms with Gasteiger partial charge in [-0.25, -0.2) is 0 Å². The maximum atomic E-state index is 8.48. The van der Waals surface area contributed by atoms with Crippen molar-refractivity contribution in [3.63, 3.8) is 0 Å². The van der Waals surface area contributed by atoms with Crippen molar-refractivity contribution in [2.75, 3.05) is 0 Å². The van der Waals surface area contributed by atoms with E-state index in [1.165, 1.54) is 0 Å². The van der Waals surface area contributed by atoms with Crippen molar-refractivity contribution in [2.24, 2.45) is 0 Å². The second-order valence-electron chi connectivity index (χ2n) is 0.447. The third-order valence-electron chi connectivity index (χ3n) is 0. The Morgan fingerprint density at radius 3 is 0.500 bits per heavy atom. The molecule has 0 aliphatic rings. The van der Waals surface area contributed by atoms with Gasteiger partial charge >= 0.3 is 172 Å². The molecular weight excluding hydrogens is 302 g/mol. The minimum Gasteiger partial charge on any atom is -0.854 e. The van der Waals surface area contributed by atoms with E-state index in [1.807, 2.05) is 0 Å². The first-order valence-electron chi connectivity index (χ1n) is 1.10. The van der Waals surface area contributed by atoms with Crippen LogP contribution in [-0.4, -0.2) is 17.4 Å². The zero-order valence-electron chi connectivity index (χ0n) is 6.92. The predicted octanol–water partition coefficient (Wildman–Crippen LogP) is -14.8. The Kier molecular flexibility index (Phi) is 91.1. The Hall–Kier alpha value is 6.06. The molecule has 0 unspecified atom stereocenters. The molecule has 0 saturated heterocycles. The molecule has 0 rings (SSSR count). The molecule has 0 aliphatic heterocycles. The second-order valence-corrected chi connectivity index (χ2v) is 1.34. The quantitative estimate of drug-likeness (QED) is 0.321. The van der Waals surface area contributed by atoms with Crippen LogP contribution in [0.3, 0.4) is 0 Å². The topological polar surface area (TPSA) is 138 Å². The van der Waals surface area contributed by atoms with Crippen LogP contribution in [-0.2, 0) is 0 Å². The van der Waals surface area contributed by atoms with Crippen LogP contribution in [0.2, 0.25) is 0 Å². The fraction of sp³-hybridized carbons (Fsp3) is 0. The summed E-state index contributed by atoms with van der Waals surface area (Å²) >= 11 is 0. The summed E-state index contributed by atoms with van der Waals surface area (Å²) in [5.74, 6) is 0. The van der Waals surface area contributed by atoms with Gasteiger partial charge in [-0.05, 0) is 0 Å². The molecule has 0 aromatic heterocycles. The molecule has 0 aliphatic carbocycles. The van der Waals surface area contributed by atoms with Gasteiger partial charge in [-0.15, -0.1) is 0 Å². The predicted molar refractivity (Wildman–Crippen MR) is 19.6 cm³/mol. The van der Waals surface area contributed by atoms with Gasteiger partial charge in [0.2, 0.25) is 0 Å². The Morgan fingerprint density at radius 2 is 0.500 bits per heavy atom. The summed E-state index contributed by atoms with van der Waals surface area (Å²) in [4.78, 5) is 50.9. The zero-order chi connectivity index (χ0) is 7.15. The molecule has 6 nitrogen and oxygen atoms in total. The Morgan fingerprint density at radius 1 is 0.500 bits per heavy atom. The van der Waals surface area contributed by atoms with Gasteiger partial charge in [0.15, 0.2) is 0 Å². The Labute approximate surface area is 211 Å². The van der Waals surface area contributed by atoms with Crippen LogP contribution in [0.1, 0.15) is 0 Å². The van der Waals surface area contributed by atoms with Crippen LogP contribution < -0.4 is 184 Å². The van der Waals surface area contributed by atoms with E-state index in [9.17, 15) is 0 Å². The molecule has 0 radical (unpaired) electrons. The van der Waals surface area contributed by atoms with Crippen LogP contribution in [0.5, 0.6) is 0 Å². The number of rotatable bonds is 0. The van der Waals surface area contributed by atoms with Gasteiger partial charge in [-0.2, -0.15) is 0 Å². The fourth-order valence-electron chi connectivity index (χ4n) is 0. The SMILES string of the molecule is [Al+3].[K+].[K+].[K+].[O-]P([O-])[O-].[O-]P([O-])[O-]. The van der Waals surface area contributed by atoms with Crippen LogP contribution in [0.15, 0.2) is 0 Å². The monoisotopic (exact) mass is 302 g/mol. The van der Waals surface area contributed by atoms with E-state index < -0.39 is 17.2 Å². The van der Waals surface area contributed by atoms with Gasteiger partial charge in [0.1, 0.15) is 0 Å². The minimum atomic E-state index is -3.37. The second kappa shape index (κ2) is 30.3. The van der Waals surface area contributed by atoms with Crippen molar-refractivity contribution < 1.29 is 184 Å². The van der Waals surface area contributed by atoms with Gasteiger partial charge in [-0.3, -0.25) is 0 Å². The number of hydrogen-bond donors (Lipinski definition) is 0. The summed E-state index contributed by atoms with van der Waals surface area (Å²) < 4.78 is 0. The summed E-state index contributed by atoms with van der Waals surface area (Å²) in [6.07, 6.45) is 0. The Bertz CT molecular complexity index is 36.3. The van der Waals surface area contributed by atoms with Crippen molar-refractivity contribution in [1.82, 2.24) is 0 Å². The average molecular weight is 302 g/mol. The van der Waals surface area contributed by atoms with E-state index in [4.69, 9.17) is 29.4 Å². The van der Waals surface area contributed by atoms with Crippen LogP contribution >= 0.6 is 17.2 Å². The largest absolute Gasteiger partial charge is 3.00 e. The fourth-order valence-corrected chi connectivity index (χ4v) is 0. The summed E-state index contributed by atoms with van der Waals surface area (Å²) in [7, 11) is -6.74. The molecule has 0 bridgehead atoms. The molecule has 0 spiro atoms. The van der Waals surface area contributed by atoms with E-state index >= 15 is 0 Å². The maximum Gasteiger partial charge on any atom is 3.00 e. The first-order valence-corrected chi connectivity index (χ1v) is 3.29. The molecule has 12 heteroatoms. The van der Waals surface area contributed by atoms with E-state index in [0.29, 0.717) is 0 Å². The van der Waals surface area contributed by atoms with Crippen molar-refractivity contribution in [3.8, 4) is 0 Å².